The van der Waals surface area contributed by atoms with Gasteiger partial charge in [-0.05, 0) is 12.5 Å². The van der Waals surface area contributed by atoms with Crippen LogP contribution in [0.1, 0.15) is 12.1 Å². The van der Waals surface area contributed by atoms with Crippen LogP contribution in [0.3, 0.4) is 0 Å². The molecule has 4 heteroatoms. The number of nitrogens with one attached hydrogen (secondary N) is 1. The van der Waals surface area contributed by atoms with Crippen LogP contribution in [0.5, 0.6) is 0 Å². The molecule has 1 heterocycles. The maximum atomic E-state index is 10.7. The maximum Gasteiger partial charge on any atom is 0.146 e. The van der Waals surface area contributed by atoms with Crippen LogP contribution >= 0.6 is 0 Å². The van der Waals surface area contributed by atoms with Gasteiger partial charge >= 0.3 is 0 Å². The number of nitrogens with zero attached hydrogens (tertiary/aromatic N) is 1. The quantitative estimate of drug-likeness (QED) is 0.633. The number of aromatic nitrogens is 2. The van der Waals surface area contributed by atoms with Crippen LogP contribution in [-0.4, -0.2) is 22.5 Å². The average Bonchev–Trinajstić information content (AvgIpc) is 2.52. The van der Waals surface area contributed by atoms with Crippen molar-refractivity contribution < 1.29 is 4.79 Å². The van der Waals surface area contributed by atoms with Gasteiger partial charge in [-0.25, -0.2) is 0 Å². The van der Waals surface area contributed by atoms with E-state index in [0.717, 1.165) is 5.69 Å². The van der Waals surface area contributed by atoms with Crippen molar-refractivity contribution in [3.63, 3.8) is 0 Å². The summed E-state index contributed by atoms with van der Waals surface area (Å²) in [5.74, 6) is 0.0830. The molecular weight excluding hydrogens is 142 g/mol. The summed E-state index contributed by atoms with van der Waals surface area (Å²) < 4.78 is 0. The first-order chi connectivity index (χ1) is 5.33. The van der Waals surface area contributed by atoms with Crippen molar-refractivity contribution in [1.82, 2.24) is 10.2 Å². The lowest BCUT2D eigenvalue weighted by molar-refractivity contribution is -0.117. The van der Waals surface area contributed by atoms with Crippen LogP contribution in [0, 0.1) is 0 Å². The number of H-pyrrole nitrogens is 1. The number of carbonyl (C=O) groups excluding carboxylic acids is 1. The van der Waals surface area contributed by atoms with Crippen LogP contribution in [0.25, 0.3) is 0 Å². The normalized spacial score (nSPS) is 9.91. The molecule has 0 amide bonds. The lowest BCUT2D eigenvalue weighted by atomic mass is 10.2. The minimum atomic E-state index is 0.0830. The highest BCUT2D eigenvalue weighted by Crippen LogP contribution is 1.96. The zero-order chi connectivity index (χ0) is 8.10. The SMILES string of the molecule is NCC(=O)CCc1ccn[nH]1. The van der Waals surface area contributed by atoms with E-state index in [1.165, 1.54) is 0 Å². The molecule has 0 bridgehead atoms. The summed E-state index contributed by atoms with van der Waals surface area (Å²) in [6.45, 7) is 0.133. The summed E-state index contributed by atoms with van der Waals surface area (Å²) in [4.78, 5) is 10.7. The van der Waals surface area contributed by atoms with Crippen molar-refractivity contribution in [2.75, 3.05) is 6.54 Å². The molecule has 0 spiro atoms. The number of Topliss-reactive ketones (excluding diaryl/α,β-unsaturated/α-hetero) is 1. The third-order valence-electron chi connectivity index (χ3n) is 1.46. The molecule has 0 aliphatic carbocycles. The fraction of sp³-hybridized carbons (Fsp3) is 0.429. The van der Waals surface area contributed by atoms with Gasteiger partial charge in [-0.2, -0.15) is 5.10 Å². The van der Waals surface area contributed by atoms with Gasteiger partial charge in [-0.1, -0.05) is 0 Å². The van der Waals surface area contributed by atoms with Crippen LogP contribution in [-0.2, 0) is 11.2 Å². The Kier molecular flexibility index (Phi) is 2.80. The number of carbonyl (C=O) groups is 1. The summed E-state index contributed by atoms with van der Waals surface area (Å²) in [7, 11) is 0. The van der Waals surface area contributed by atoms with Gasteiger partial charge in [0.15, 0.2) is 0 Å². The van der Waals surface area contributed by atoms with Crippen LogP contribution in [0.2, 0.25) is 0 Å². The number of hydrogen-bond acceptors (Lipinski definition) is 3. The van der Waals surface area contributed by atoms with Gasteiger partial charge in [0.1, 0.15) is 5.78 Å². The largest absolute Gasteiger partial charge is 0.324 e. The van der Waals surface area contributed by atoms with Crippen molar-refractivity contribution in [3.05, 3.63) is 18.0 Å². The molecular formula is C7H11N3O. The predicted octanol–water partition coefficient (Wildman–Crippen LogP) is -0.130. The zero-order valence-electron chi connectivity index (χ0n) is 6.21. The molecule has 60 valence electrons. The number of aryl methyl sites for hydroxylation is 1. The van der Waals surface area contributed by atoms with E-state index in [0.29, 0.717) is 12.8 Å². The number of aromatic amines is 1. The van der Waals surface area contributed by atoms with E-state index in [1.807, 2.05) is 6.07 Å². The Hall–Kier alpha value is -1.16. The first-order valence-corrected chi connectivity index (χ1v) is 3.53. The molecule has 4 nitrogen and oxygen atoms in total. The van der Waals surface area contributed by atoms with E-state index in [9.17, 15) is 4.79 Å². The molecule has 11 heavy (non-hydrogen) atoms. The van der Waals surface area contributed by atoms with Gasteiger partial charge in [0.25, 0.3) is 0 Å². The Morgan fingerprint density at radius 1 is 1.73 bits per heavy atom. The molecule has 0 fully saturated rings. The summed E-state index contributed by atoms with van der Waals surface area (Å²) in [6, 6.07) is 1.85. The third kappa shape index (κ3) is 2.51. The molecule has 0 aliphatic heterocycles. The highest BCUT2D eigenvalue weighted by atomic mass is 16.1. The number of hydrogen-bond donors (Lipinski definition) is 2. The average molecular weight is 153 g/mol. The summed E-state index contributed by atoms with van der Waals surface area (Å²) in [6.07, 6.45) is 2.87. The number of rotatable bonds is 4. The lowest BCUT2D eigenvalue weighted by Gasteiger charge is -1.93. The van der Waals surface area contributed by atoms with Gasteiger partial charge in [-0.15, -0.1) is 0 Å². The van der Waals surface area contributed by atoms with Crippen LogP contribution in [0.15, 0.2) is 12.3 Å². The topological polar surface area (TPSA) is 71.8 Å². The Balaban J connectivity index is 2.29. The van der Waals surface area contributed by atoms with E-state index in [4.69, 9.17) is 5.73 Å². The van der Waals surface area contributed by atoms with Gasteiger partial charge in [0.05, 0.1) is 6.54 Å². The van der Waals surface area contributed by atoms with Crippen molar-refractivity contribution in [3.8, 4) is 0 Å². The van der Waals surface area contributed by atoms with Gasteiger partial charge in [-0.3, -0.25) is 9.89 Å². The fourth-order valence-electron chi connectivity index (χ4n) is 0.800. The second-order valence-corrected chi connectivity index (χ2v) is 2.32. The summed E-state index contributed by atoms with van der Waals surface area (Å²) in [5.41, 5.74) is 6.11. The lowest BCUT2D eigenvalue weighted by Crippen LogP contribution is -2.13. The molecule has 3 N–H and O–H groups in total. The molecule has 0 aliphatic rings. The monoisotopic (exact) mass is 153 g/mol. The molecule has 0 atom stereocenters. The van der Waals surface area contributed by atoms with E-state index < -0.39 is 0 Å². The standard InChI is InChI=1S/C7H11N3O/c8-5-7(11)2-1-6-3-4-9-10-6/h3-4H,1-2,5,8H2,(H,9,10). The van der Waals surface area contributed by atoms with E-state index in [-0.39, 0.29) is 12.3 Å². The second kappa shape index (κ2) is 3.88. The molecule has 0 aromatic carbocycles. The highest BCUT2D eigenvalue weighted by molar-refractivity contribution is 5.80. The fourth-order valence-corrected chi connectivity index (χ4v) is 0.800. The van der Waals surface area contributed by atoms with Gasteiger partial charge < -0.3 is 5.73 Å². The first-order valence-electron chi connectivity index (χ1n) is 3.53. The number of nitrogens with two attached hydrogens (primary N) is 1. The van der Waals surface area contributed by atoms with Crippen molar-refractivity contribution in [1.29, 1.82) is 0 Å². The minimum Gasteiger partial charge on any atom is -0.324 e. The van der Waals surface area contributed by atoms with Crippen LogP contribution in [0.4, 0.5) is 0 Å². The van der Waals surface area contributed by atoms with Crippen molar-refractivity contribution in [2.24, 2.45) is 5.73 Å². The summed E-state index contributed by atoms with van der Waals surface area (Å²) >= 11 is 0. The second-order valence-electron chi connectivity index (χ2n) is 2.32. The minimum absolute atomic E-state index is 0.0830. The van der Waals surface area contributed by atoms with E-state index in [2.05, 4.69) is 10.2 Å². The molecule has 0 unspecified atom stereocenters. The van der Waals surface area contributed by atoms with Crippen LogP contribution < -0.4 is 5.73 Å². The molecule has 0 saturated heterocycles. The Morgan fingerprint density at radius 3 is 3.09 bits per heavy atom. The zero-order valence-corrected chi connectivity index (χ0v) is 6.21. The molecule has 0 saturated carbocycles. The maximum absolute atomic E-state index is 10.7. The number of ketones is 1. The molecule has 1 aromatic heterocycles. The Bertz CT molecular complexity index is 218. The van der Waals surface area contributed by atoms with Crippen molar-refractivity contribution >= 4 is 5.78 Å². The smallest absolute Gasteiger partial charge is 0.146 e. The van der Waals surface area contributed by atoms with Gasteiger partial charge in [0, 0.05) is 18.3 Å². The first kappa shape index (κ1) is 7.94. The van der Waals surface area contributed by atoms with Gasteiger partial charge in [0.2, 0.25) is 0 Å². The molecule has 1 rings (SSSR count). The molecule has 1 aromatic rings. The van der Waals surface area contributed by atoms with Crippen molar-refractivity contribution in [2.45, 2.75) is 12.8 Å². The van der Waals surface area contributed by atoms with E-state index in [1.54, 1.807) is 6.20 Å². The summed E-state index contributed by atoms with van der Waals surface area (Å²) in [5, 5.41) is 6.53. The van der Waals surface area contributed by atoms with E-state index >= 15 is 0 Å². The molecule has 0 radical (unpaired) electrons. The Morgan fingerprint density at radius 2 is 2.55 bits per heavy atom. The third-order valence-corrected chi connectivity index (χ3v) is 1.46. The predicted molar refractivity (Wildman–Crippen MR) is 41.0 cm³/mol. The highest BCUT2D eigenvalue weighted by Gasteiger charge is 1.99. The Labute approximate surface area is 64.8 Å².